The fraction of sp³-hybridized carbons (Fsp3) is 0.471. The van der Waals surface area contributed by atoms with Crippen molar-refractivity contribution in [2.75, 3.05) is 5.32 Å². The summed E-state index contributed by atoms with van der Waals surface area (Å²) in [4.78, 5) is 4.27. The molecule has 0 aliphatic heterocycles. The van der Waals surface area contributed by atoms with Gasteiger partial charge in [-0.15, -0.1) is 0 Å². The van der Waals surface area contributed by atoms with Gasteiger partial charge in [0.1, 0.15) is 11.5 Å². The van der Waals surface area contributed by atoms with Crippen LogP contribution in [-0.2, 0) is 6.54 Å². The molecule has 2 atom stereocenters. The van der Waals surface area contributed by atoms with E-state index >= 15 is 0 Å². The Hall–Kier alpha value is -1.97. The standard InChI is InChI=1S/C17H22N2O2/c1-11(2)20-17-15(5-4-8-18-17)19-10-13-6-7-16(21-13)14-9-12(14)3/h4-8,11-12,14,19H,9-10H2,1-3H3. The van der Waals surface area contributed by atoms with Gasteiger partial charge in [-0.2, -0.15) is 0 Å². The maximum absolute atomic E-state index is 5.90. The molecule has 21 heavy (non-hydrogen) atoms. The first-order valence-electron chi connectivity index (χ1n) is 7.57. The van der Waals surface area contributed by atoms with Crippen LogP contribution in [-0.4, -0.2) is 11.1 Å². The fourth-order valence-corrected chi connectivity index (χ4v) is 2.43. The molecule has 1 fully saturated rings. The third-order valence-corrected chi connectivity index (χ3v) is 3.73. The molecule has 1 aliphatic carbocycles. The number of pyridine rings is 1. The first-order valence-corrected chi connectivity index (χ1v) is 7.57. The average molecular weight is 286 g/mol. The molecule has 2 aromatic rings. The van der Waals surface area contributed by atoms with Gasteiger partial charge in [-0.05, 0) is 50.5 Å². The highest BCUT2D eigenvalue weighted by atomic mass is 16.5. The van der Waals surface area contributed by atoms with Crippen LogP contribution >= 0.6 is 0 Å². The van der Waals surface area contributed by atoms with Crippen molar-refractivity contribution in [3.05, 3.63) is 42.0 Å². The fourth-order valence-electron chi connectivity index (χ4n) is 2.43. The Morgan fingerprint density at radius 2 is 2.19 bits per heavy atom. The molecular formula is C17H22N2O2. The third kappa shape index (κ3) is 3.38. The minimum absolute atomic E-state index is 0.104. The normalized spacial score (nSPS) is 20.6. The number of hydrogen-bond donors (Lipinski definition) is 1. The summed E-state index contributed by atoms with van der Waals surface area (Å²) in [5, 5.41) is 3.34. The number of aromatic nitrogens is 1. The molecule has 0 saturated heterocycles. The van der Waals surface area contributed by atoms with Crippen molar-refractivity contribution in [1.29, 1.82) is 0 Å². The molecule has 1 N–H and O–H groups in total. The van der Waals surface area contributed by atoms with Crippen molar-refractivity contribution in [2.45, 2.75) is 45.8 Å². The molecular weight excluding hydrogens is 264 g/mol. The molecule has 4 nitrogen and oxygen atoms in total. The summed E-state index contributed by atoms with van der Waals surface area (Å²) in [6.45, 7) is 6.89. The summed E-state index contributed by atoms with van der Waals surface area (Å²) in [5.41, 5.74) is 0.893. The summed E-state index contributed by atoms with van der Waals surface area (Å²) in [6.07, 6.45) is 3.09. The summed E-state index contributed by atoms with van der Waals surface area (Å²) >= 11 is 0. The lowest BCUT2D eigenvalue weighted by Crippen LogP contribution is -2.09. The van der Waals surface area contributed by atoms with Gasteiger partial charge in [-0.1, -0.05) is 6.92 Å². The minimum atomic E-state index is 0.104. The van der Waals surface area contributed by atoms with Gasteiger partial charge in [-0.3, -0.25) is 0 Å². The lowest BCUT2D eigenvalue weighted by molar-refractivity contribution is 0.234. The van der Waals surface area contributed by atoms with E-state index in [0.29, 0.717) is 18.3 Å². The number of anilines is 1. The molecule has 2 heterocycles. The molecule has 0 amide bonds. The Labute approximate surface area is 125 Å². The van der Waals surface area contributed by atoms with Crippen LogP contribution in [0.1, 0.15) is 44.6 Å². The highest BCUT2D eigenvalue weighted by Crippen LogP contribution is 2.47. The van der Waals surface area contributed by atoms with Crippen LogP contribution in [0.15, 0.2) is 34.9 Å². The average Bonchev–Trinajstić information content (AvgIpc) is 3.00. The molecule has 2 aromatic heterocycles. The molecule has 2 unspecified atom stereocenters. The van der Waals surface area contributed by atoms with Crippen LogP contribution in [0.3, 0.4) is 0 Å². The Balaban J connectivity index is 1.63. The Bertz CT molecular complexity index is 606. The molecule has 4 heteroatoms. The SMILES string of the molecule is CC(C)Oc1ncccc1NCc1ccc(C2CC2C)o1. The van der Waals surface area contributed by atoms with Crippen LogP contribution in [0.4, 0.5) is 5.69 Å². The topological polar surface area (TPSA) is 47.3 Å². The second-order valence-corrected chi connectivity index (χ2v) is 6.00. The van der Waals surface area contributed by atoms with Crippen LogP contribution in [0.2, 0.25) is 0 Å². The van der Waals surface area contributed by atoms with E-state index in [2.05, 4.69) is 23.3 Å². The maximum Gasteiger partial charge on any atom is 0.237 e. The molecule has 112 valence electrons. The van der Waals surface area contributed by atoms with Crippen molar-refractivity contribution in [1.82, 2.24) is 4.98 Å². The van der Waals surface area contributed by atoms with E-state index in [-0.39, 0.29) is 6.10 Å². The van der Waals surface area contributed by atoms with E-state index in [9.17, 15) is 0 Å². The van der Waals surface area contributed by atoms with Crippen molar-refractivity contribution >= 4 is 5.69 Å². The smallest absolute Gasteiger partial charge is 0.237 e. The minimum Gasteiger partial charge on any atom is -0.473 e. The number of furan rings is 1. The number of ether oxygens (including phenoxy) is 1. The van der Waals surface area contributed by atoms with Crippen LogP contribution in [0.5, 0.6) is 5.88 Å². The molecule has 0 spiro atoms. The monoisotopic (exact) mass is 286 g/mol. The van der Waals surface area contributed by atoms with Gasteiger partial charge >= 0.3 is 0 Å². The molecule has 0 bridgehead atoms. The van der Waals surface area contributed by atoms with Gasteiger partial charge < -0.3 is 14.5 Å². The van der Waals surface area contributed by atoms with E-state index in [1.807, 2.05) is 32.0 Å². The summed E-state index contributed by atoms with van der Waals surface area (Å²) in [7, 11) is 0. The molecule has 1 aliphatic rings. The quantitative estimate of drug-likeness (QED) is 0.864. The zero-order valence-corrected chi connectivity index (χ0v) is 12.8. The summed E-state index contributed by atoms with van der Waals surface area (Å²) in [5.74, 6) is 4.08. The second-order valence-electron chi connectivity index (χ2n) is 6.00. The first-order chi connectivity index (χ1) is 10.1. The number of nitrogens with one attached hydrogen (secondary N) is 1. The molecule has 0 aromatic carbocycles. The van der Waals surface area contributed by atoms with Crippen LogP contribution in [0.25, 0.3) is 0 Å². The van der Waals surface area contributed by atoms with E-state index in [0.717, 1.165) is 23.1 Å². The van der Waals surface area contributed by atoms with Gasteiger partial charge in [0.15, 0.2) is 0 Å². The number of hydrogen-bond acceptors (Lipinski definition) is 4. The summed E-state index contributed by atoms with van der Waals surface area (Å²) < 4.78 is 11.6. The lowest BCUT2D eigenvalue weighted by Gasteiger charge is -2.13. The van der Waals surface area contributed by atoms with E-state index < -0.39 is 0 Å². The molecule has 1 saturated carbocycles. The van der Waals surface area contributed by atoms with Gasteiger partial charge in [0.2, 0.25) is 5.88 Å². The highest BCUT2D eigenvalue weighted by Gasteiger charge is 2.36. The molecule has 0 radical (unpaired) electrons. The number of rotatable bonds is 6. The van der Waals surface area contributed by atoms with Crippen molar-refractivity contribution < 1.29 is 9.15 Å². The Morgan fingerprint density at radius 3 is 2.90 bits per heavy atom. The Kier molecular flexibility index (Phi) is 3.86. The molecule has 3 rings (SSSR count). The van der Waals surface area contributed by atoms with E-state index in [1.54, 1.807) is 6.20 Å². The van der Waals surface area contributed by atoms with Crippen LogP contribution in [0, 0.1) is 5.92 Å². The van der Waals surface area contributed by atoms with Gasteiger partial charge in [0, 0.05) is 12.1 Å². The predicted octanol–water partition coefficient (Wildman–Crippen LogP) is 4.20. The van der Waals surface area contributed by atoms with E-state index in [1.165, 1.54) is 6.42 Å². The highest BCUT2D eigenvalue weighted by molar-refractivity contribution is 5.52. The summed E-state index contributed by atoms with van der Waals surface area (Å²) in [6, 6.07) is 8.01. The van der Waals surface area contributed by atoms with Gasteiger partial charge in [0.25, 0.3) is 0 Å². The van der Waals surface area contributed by atoms with Gasteiger partial charge in [-0.25, -0.2) is 4.98 Å². The van der Waals surface area contributed by atoms with Crippen molar-refractivity contribution in [3.8, 4) is 5.88 Å². The first kappa shape index (κ1) is 14.0. The zero-order valence-electron chi connectivity index (χ0n) is 12.8. The maximum atomic E-state index is 5.90. The third-order valence-electron chi connectivity index (χ3n) is 3.73. The lowest BCUT2D eigenvalue weighted by atomic mass is 10.3. The Morgan fingerprint density at radius 1 is 1.38 bits per heavy atom. The van der Waals surface area contributed by atoms with Gasteiger partial charge in [0.05, 0.1) is 18.3 Å². The zero-order chi connectivity index (χ0) is 14.8. The largest absolute Gasteiger partial charge is 0.473 e. The second kappa shape index (κ2) is 5.80. The van der Waals surface area contributed by atoms with Crippen molar-refractivity contribution in [2.24, 2.45) is 5.92 Å². The van der Waals surface area contributed by atoms with Crippen LogP contribution < -0.4 is 10.1 Å². The predicted molar refractivity (Wildman–Crippen MR) is 82.6 cm³/mol. The van der Waals surface area contributed by atoms with E-state index in [4.69, 9.17) is 9.15 Å². The van der Waals surface area contributed by atoms with Crippen molar-refractivity contribution in [3.63, 3.8) is 0 Å². The number of nitrogens with zero attached hydrogens (tertiary/aromatic N) is 1.